The summed E-state index contributed by atoms with van der Waals surface area (Å²) < 4.78 is 0. The van der Waals surface area contributed by atoms with Crippen LogP contribution in [0.3, 0.4) is 0 Å². The summed E-state index contributed by atoms with van der Waals surface area (Å²) in [7, 11) is 0. The standard InChI is InChI=1S/C15H25N3/c1-11(16)13-6-5-8-17-14(13)18-9-7-12(10-18)15(2,3)4/h5-6,8,11-12H,7,9-10,16H2,1-4H3/t11-,12?/m1/s1. The van der Waals surface area contributed by atoms with E-state index in [1.807, 2.05) is 19.2 Å². The number of nitrogens with two attached hydrogens (primary N) is 1. The zero-order chi connectivity index (χ0) is 13.3. The monoisotopic (exact) mass is 247 g/mol. The highest BCUT2D eigenvalue weighted by molar-refractivity contribution is 5.49. The van der Waals surface area contributed by atoms with Crippen LogP contribution in [0.5, 0.6) is 0 Å². The minimum absolute atomic E-state index is 0.0439. The van der Waals surface area contributed by atoms with Crippen LogP contribution in [0, 0.1) is 11.3 Å². The molecule has 2 atom stereocenters. The molecule has 1 unspecified atom stereocenters. The first-order valence-corrected chi connectivity index (χ1v) is 6.85. The summed E-state index contributed by atoms with van der Waals surface area (Å²) in [5.41, 5.74) is 7.57. The Hall–Kier alpha value is -1.09. The second kappa shape index (κ2) is 4.88. The van der Waals surface area contributed by atoms with E-state index < -0.39 is 0 Å². The number of nitrogens with zero attached hydrogens (tertiary/aromatic N) is 2. The molecule has 1 aromatic rings. The van der Waals surface area contributed by atoms with Gasteiger partial charge >= 0.3 is 0 Å². The number of hydrogen-bond acceptors (Lipinski definition) is 3. The first-order valence-electron chi connectivity index (χ1n) is 6.85. The molecule has 2 heterocycles. The number of rotatable bonds is 2. The molecule has 0 spiro atoms. The van der Waals surface area contributed by atoms with Crippen LogP contribution in [-0.2, 0) is 0 Å². The Kier molecular flexibility index (Phi) is 3.62. The van der Waals surface area contributed by atoms with Gasteiger partial charge in [0.15, 0.2) is 0 Å². The van der Waals surface area contributed by atoms with Crippen molar-refractivity contribution in [1.29, 1.82) is 0 Å². The molecule has 100 valence electrons. The molecule has 0 radical (unpaired) electrons. The predicted octanol–water partition coefficient (Wildman–Crippen LogP) is 2.97. The van der Waals surface area contributed by atoms with Crippen molar-refractivity contribution in [1.82, 2.24) is 4.98 Å². The van der Waals surface area contributed by atoms with Crippen molar-refractivity contribution in [2.45, 2.75) is 40.2 Å². The van der Waals surface area contributed by atoms with E-state index in [0.29, 0.717) is 5.41 Å². The second-order valence-electron chi connectivity index (χ2n) is 6.50. The Morgan fingerprint density at radius 1 is 1.44 bits per heavy atom. The Labute approximate surface area is 110 Å². The summed E-state index contributed by atoms with van der Waals surface area (Å²) in [6.45, 7) is 11.2. The van der Waals surface area contributed by atoms with E-state index in [1.165, 1.54) is 6.42 Å². The molecule has 1 saturated heterocycles. The predicted molar refractivity (Wildman–Crippen MR) is 76.6 cm³/mol. The molecule has 0 aliphatic carbocycles. The molecular formula is C15H25N3. The highest BCUT2D eigenvalue weighted by atomic mass is 15.2. The van der Waals surface area contributed by atoms with Crippen molar-refractivity contribution in [2.24, 2.45) is 17.1 Å². The van der Waals surface area contributed by atoms with Crippen LogP contribution in [0.2, 0.25) is 0 Å². The Balaban J connectivity index is 2.19. The first kappa shape index (κ1) is 13.3. The van der Waals surface area contributed by atoms with Gasteiger partial charge in [-0.25, -0.2) is 4.98 Å². The molecule has 0 aromatic carbocycles. The van der Waals surface area contributed by atoms with Gasteiger partial charge < -0.3 is 10.6 Å². The van der Waals surface area contributed by atoms with Gasteiger partial charge in [-0.15, -0.1) is 0 Å². The number of pyridine rings is 1. The summed E-state index contributed by atoms with van der Waals surface area (Å²) in [4.78, 5) is 6.94. The molecule has 2 N–H and O–H groups in total. The third-order valence-corrected chi connectivity index (χ3v) is 4.02. The van der Waals surface area contributed by atoms with E-state index in [9.17, 15) is 0 Å². The average Bonchev–Trinajstić information content (AvgIpc) is 2.77. The smallest absolute Gasteiger partial charge is 0.133 e. The topological polar surface area (TPSA) is 42.1 Å². The fourth-order valence-electron chi connectivity index (χ4n) is 2.69. The Bertz CT molecular complexity index is 406. The minimum Gasteiger partial charge on any atom is -0.356 e. The summed E-state index contributed by atoms with van der Waals surface area (Å²) in [5, 5.41) is 0. The van der Waals surface area contributed by atoms with Crippen molar-refractivity contribution in [2.75, 3.05) is 18.0 Å². The third kappa shape index (κ3) is 2.66. The van der Waals surface area contributed by atoms with Gasteiger partial charge in [-0.1, -0.05) is 26.8 Å². The molecule has 0 bridgehead atoms. The van der Waals surface area contributed by atoms with Crippen molar-refractivity contribution in [3.63, 3.8) is 0 Å². The summed E-state index contributed by atoms with van der Waals surface area (Å²) in [5.74, 6) is 1.82. The van der Waals surface area contributed by atoms with Crippen LogP contribution in [0.1, 0.15) is 45.7 Å². The SMILES string of the molecule is C[C@@H](N)c1cccnc1N1CCC(C(C)(C)C)C1. The van der Waals surface area contributed by atoms with Gasteiger partial charge in [-0.05, 0) is 30.7 Å². The molecule has 3 nitrogen and oxygen atoms in total. The minimum atomic E-state index is 0.0439. The maximum atomic E-state index is 6.04. The maximum absolute atomic E-state index is 6.04. The van der Waals surface area contributed by atoms with Crippen molar-refractivity contribution >= 4 is 5.82 Å². The van der Waals surface area contributed by atoms with Crippen molar-refractivity contribution in [3.05, 3.63) is 23.9 Å². The molecule has 1 fully saturated rings. The van der Waals surface area contributed by atoms with E-state index in [-0.39, 0.29) is 6.04 Å². The summed E-state index contributed by atoms with van der Waals surface area (Å²) >= 11 is 0. The van der Waals surface area contributed by atoms with Crippen LogP contribution in [0.4, 0.5) is 5.82 Å². The lowest BCUT2D eigenvalue weighted by Gasteiger charge is -2.28. The first-order chi connectivity index (χ1) is 8.39. The van der Waals surface area contributed by atoms with E-state index in [4.69, 9.17) is 5.73 Å². The lowest BCUT2D eigenvalue weighted by atomic mass is 9.80. The van der Waals surface area contributed by atoms with Crippen LogP contribution in [0.25, 0.3) is 0 Å². The van der Waals surface area contributed by atoms with Gasteiger partial charge in [0.05, 0.1) is 0 Å². The molecule has 0 amide bonds. The fraction of sp³-hybridized carbons (Fsp3) is 0.667. The molecule has 0 saturated carbocycles. The van der Waals surface area contributed by atoms with Gasteiger partial charge in [0.1, 0.15) is 5.82 Å². The molecular weight excluding hydrogens is 222 g/mol. The molecule has 18 heavy (non-hydrogen) atoms. The lowest BCUT2D eigenvalue weighted by molar-refractivity contribution is 0.263. The van der Waals surface area contributed by atoms with Crippen LogP contribution in [-0.4, -0.2) is 18.1 Å². The van der Waals surface area contributed by atoms with Gasteiger partial charge in [-0.3, -0.25) is 0 Å². The van der Waals surface area contributed by atoms with Crippen LogP contribution < -0.4 is 10.6 Å². The normalized spacial score (nSPS) is 22.3. The molecule has 1 aliphatic heterocycles. The Morgan fingerprint density at radius 3 is 2.72 bits per heavy atom. The zero-order valence-electron chi connectivity index (χ0n) is 12.0. The number of anilines is 1. The third-order valence-electron chi connectivity index (χ3n) is 4.02. The average molecular weight is 247 g/mol. The van der Waals surface area contributed by atoms with E-state index in [0.717, 1.165) is 30.4 Å². The van der Waals surface area contributed by atoms with Crippen molar-refractivity contribution in [3.8, 4) is 0 Å². The van der Waals surface area contributed by atoms with Crippen LogP contribution in [0.15, 0.2) is 18.3 Å². The van der Waals surface area contributed by atoms with Crippen LogP contribution >= 0.6 is 0 Å². The lowest BCUT2D eigenvalue weighted by Crippen LogP contribution is -2.27. The largest absolute Gasteiger partial charge is 0.356 e. The van der Waals surface area contributed by atoms with Crippen molar-refractivity contribution < 1.29 is 0 Å². The van der Waals surface area contributed by atoms with E-state index >= 15 is 0 Å². The highest BCUT2D eigenvalue weighted by Crippen LogP contribution is 2.36. The van der Waals surface area contributed by atoms with Gasteiger partial charge in [0.2, 0.25) is 0 Å². The van der Waals surface area contributed by atoms with E-state index in [1.54, 1.807) is 0 Å². The second-order valence-corrected chi connectivity index (χ2v) is 6.50. The molecule has 3 heteroatoms. The van der Waals surface area contributed by atoms with Gasteiger partial charge in [-0.2, -0.15) is 0 Å². The quantitative estimate of drug-likeness (QED) is 0.873. The number of hydrogen-bond donors (Lipinski definition) is 1. The maximum Gasteiger partial charge on any atom is 0.133 e. The molecule has 1 aromatic heterocycles. The molecule has 2 rings (SSSR count). The van der Waals surface area contributed by atoms with E-state index in [2.05, 4.69) is 36.7 Å². The fourth-order valence-corrected chi connectivity index (χ4v) is 2.69. The Morgan fingerprint density at radius 2 is 2.17 bits per heavy atom. The number of aromatic nitrogens is 1. The summed E-state index contributed by atoms with van der Waals surface area (Å²) in [6, 6.07) is 4.11. The van der Waals surface area contributed by atoms with Gasteiger partial charge in [0, 0.05) is 30.9 Å². The highest BCUT2D eigenvalue weighted by Gasteiger charge is 2.33. The zero-order valence-corrected chi connectivity index (χ0v) is 12.0. The van der Waals surface area contributed by atoms with Gasteiger partial charge in [0.25, 0.3) is 0 Å². The molecule has 1 aliphatic rings. The summed E-state index contributed by atoms with van der Waals surface area (Å²) in [6.07, 6.45) is 3.12.